The Balaban J connectivity index is 2.42. The van der Waals surface area contributed by atoms with Gasteiger partial charge in [-0.2, -0.15) is 5.26 Å². The van der Waals surface area contributed by atoms with Gasteiger partial charge in [-0.15, -0.1) is 0 Å². The third-order valence-electron chi connectivity index (χ3n) is 2.86. The fourth-order valence-electron chi connectivity index (χ4n) is 1.72. The molecule has 3 nitrogen and oxygen atoms in total. The molecule has 3 heteroatoms. The summed E-state index contributed by atoms with van der Waals surface area (Å²) in [4.78, 5) is 0. The highest BCUT2D eigenvalue weighted by Gasteiger charge is 2.15. The summed E-state index contributed by atoms with van der Waals surface area (Å²) >= 11 is 0. The lowest BCUT2D eigenvalue weighted by molar-refractivity contribution is 0.273. The fraction of sp³-hybridized carbons (Fsp3) is 0.533. The first kappa shape index (κ1) is 14.5. The highest BCUT2D eigenvalue weighted by molar-refractivity contribution is 5.33. The Hall–Kier alpha value is -1.53. The molecule has 0 atom stereocenters. The highest BCUT2D eigenvalue weighted by Crippen LogP contribution is 2.22. The van der Waals surface area contributed by atoms with E-state index < -0.39 is 0 Å². The monoisotopic (exact) mass is 247 g/mol. The molecule has 18 heavy (non-hydrogen) atoms. The Morgan fingerprint density at radius 3 is 2.72 bits per heavy atom. The van der Waals surface area contributed by atoms with Gasteiger partial charge in [-0.3, -0.25) is 0 Å². The SMILES string of the molecule is CC(C)(C#N)CCCOc1ccccc1CCO. The van der Waals surface area contributed by atoms with E-state index in [0.717, 1.165) is 24.2 Å². The maximum absolute atomic E-state index is 8.96. The molecule has 0 saturated heterocycles. The number of hydrogen-bond donors (Lipinski definition) is 1. The fourth-order valence-corrected chi connectivity index (χ4v) is 1.72. The summed E-state index contributed by atoms with van der Waals surface area (Å²) in [5.41, 5.74) is 0.744. The van der Waals surface area contributed by atoms with Crippen LogP contribution in [0.3, 0.4) is 0 Å². The average molecular weight is 247 g/mol. The van der Waals surface area contributed by atoms with Gasteiger partial charge < -0.3 is 9.84 Å². The van der Waals surface area contributed by atoms with E-state index in [1.165, 1.54) is 0 Å². The van der Waals surface area contributed by atoms with Gasteiger partial charge in [0.1, 0.15) is 5.75 Å². The minimum Gasteiger partial charge on any atom is -0.493 e. The van der Waals surface area contributed by atoms with E-state index in [1.54, 1.807) is 0 Å². The van der Waals surface area contributed by atoms with Crippen molar-refractivity contribution in [1.82, 2.24) is 0 Å². The van der Waals surface area contributed by atoms with Gasteiger partial charge in [0, 0.05) is 6.61 Å². The second-order valence-electron chi connectivity index (χ2n) is 5.03. The molecule has 1 aromatic carbocycles. The molecule has 0 fully saturated rings. The molecule has 0 aromatic heterocycles. The second kappa shape index (κ2) is 7.03. The number of aliphatic hydroxyl groups is 1. The van der Waals surface area contributed by atoms with Crippen LogP contribution in [-0.2, 0) is 6.42 Å². The number of para-hydroxylation sites is 1. The maximum atomic E-state index is 8.96. The van der Waals surface area contributed by atoms with Crippen LogP contribution in [0.25, 0.3) is 0 Å². The molecule has 0 heterocycles. The van der Waals surface area contributed by atoms with Gasteiger partial charge in [0.2, 0.25) is 0 Å². The molecule has 0 amide bonds. The third-order valence-corrected chi connectivity index (χ3v) is 2.86. The Morgan fingerprint density at radius 1 is 1.33 bits per heavy atom. The number of aliphatic hydroxyl groups excluding tert-OH is 1. The Bertz CT molecular complexity index is 407. The smallest absolute Gasteiger partial charge is 0.122 e. The van der Waals surface area contributed by atoms with E-state index in [4.69, 9.17) is 15.1 Å². The first-order valence-electron chi connectivity index (χ1n) is 6.32. The molecule has 1 rings (SSSR count). The van der Waals surface area contributed by atoms with Crippen LogP contribution in [0.15, 0.2) is 24.3 Å². The minimum absolute atomic E-state index is 0.127. The van der Waals surface area contributed by atoms with Crippen molar-refractivity contribution in [2.24, 2.45) is 5.41 Å². The first-order chi connectivity index (χ1) is 8.59. The molecule has 98 valence electrons. The number of ether oxygens (including phenoxy) is 1. The number of nitrogens with zero attached hydrogens (tertiary/aromatic N) is 1. The number of nitriles is 1. The van der Waals surface area contributed by atoms with Crippen molar-refractivity contribution in [2.75, 3.05) is 13.2 Å². The standard InChI is InChI=1S/C15H21NO2/c1-15(2,12-16)9-5-11-18-14-7-4-3-6-13(14)8-10-17/h3-4,6-7,17H,5,8-11H2,1-2H3. The average Bonchev–Trinajstić information content (AvgIpc) is 2.37. The van der Waals surface area contributed by atoms with Crippen LogP contribution in [0.5, 0.6) is 5.75 Å². The van der Waals surface area contributed by atoms with E-state index in [2.05, 4.69) is 6.07 Å². The maximum Gasteiger partial charge on any atom is 0.122 e. The summed E-state index contributed by atoms with van der Waals surface area (Å²) in [7, 11) is 0. The molecule has 0 radical (unpaired) electrons. The lowest BCUT2D eigenvalue weighted by atomic mass is 9.90. The van der Waals surface area contributed by atoms with Crippen molar-refractivity contribution in [1.29, 1.82) is 5.26 Å². The molecule has 0 spiro atoms. The van der Waals surface area contributed by atoms with Crippen molar-refractivity contribution >= 4 is 0 Å². The zero-order valence-corrected chi connectivity index (χ0v) is 11.1. The molecule has 0 bridgehead atoms. The van der Waals surface area contributed by atoms with E-state index in [1.807, 2.05) is 38.1 Å². The second-order valence-corrected chi connectivity index (χ2v) is 5.03. The van der Waals surface area contributed by atoms with Gasteiger partial charge in [0.05, 0.1) is 18.1 Å². The van der Waals surface area contributed by atoms with Crippen LogP contribution >= 0.6 is 0 Å². The molecule has 0 unspecified atom stereocenters. The van der Waals surface area contributed by atoms with Crippen LogP contribution in [0, 0.1) is 16.7 Å². The zero-order chi connectivity index (χ0) is 13.4. The Labute approximate surface area is 109 Å². The van der Waals surface area contributed by atoms with Crippen molar-refractivity contribution in [3.8, 4) is 11.8 Å². The van der Waals surface area contributed by atoms with E-state index in [9.17, 15) is 0 Å². The summed E-state index contributed by atoms with van der Waals surface area (Å²) in [6.07, 6.45) is 2.29. The van der Waals surface area contributed by atoms with Crippen molar-refractivity contribution in [3.05, 3.63) is 29.8 Å². The molecular formula is C15H21NO2. The quantitative estimate of drug-likeness (QED) is 0.754. The van der Waals surface area contributed by atoms with E-state index in [0.29, 0.717) is 13.0 Å². The number of rotatable bonds is 7. The molecule has 0 aliphatic rings. The summed E-state index contributed by atoms with van der Waals surface area (Å²) in [6, 6.07) is 10.0. The molecule has 0 saturated carbocycles. The minimum atomic E-state index is -0.284. The molecular weight excluding hydrogens is 226 g/mol. The number of benzene rings is 1. The van der Waals surface area contributed by atoms with Crippen LogP contribution in [0.4, 0.5) is 0 Å². The van der Waals surface area contributed by atoms with Gasteiger partial charge in [-0.05, 0) is 44.7 Å². The highest BCUT2D eigenvalue weighted by atomic mass is 16.5. The molecule has 1 aromatic rings. The number of hydrogen-bond acceptors (Lipinski definition) is 3. The van der Waals surface area contributed by atoms with Crippen LogP contribution in [0.2, 0.25) is 0 Å². The third kappa shape index (κ3) is 4.77. The van der Waals surface area contributed by atoms with E-state index in [-0.39, 0.29) is 12.0 Å². The lowest BCUT2D eigenvalue weighted by Crippen LogP contribution is -2.10. The topological polar surface area (TPSA) is 53.2 Å². The Morgan fingerprint density at radius 2 is 2.06 bits per heavy atom. The summed E-state index contributed by atoms with van der Waals surface area (Å²) in [5, 5.41) is 17.9. The van der Waals surface area contributed by atoms with Crippen LogP contribution < -0.4 is 4.74 Å². The first-order valence-corrected chi connectivity index (χ1v) is 6.32. The normalized spacial score (nSPS) is 11.0. The van der Waals surface area contributed by atoms with Crippen molar-refractivity contribution < 1.29 is 9.84 Å². The predicted octanol–water partition coefficient (Wildman–Crippen LogP) is 2.93. The molecule has 0 aliphatic carbocycles. The zero-order valence-electron chi connectivity index (χ0n) is 11.1. The van der Waals surface area contributed by atoms with Gasteiger partial charge in [0.15, 0.2) is 0 Å². The van der Waals surface area contributed by atoms with Gasteiger partial charge in [-0.1, -0.05) is 18.2 Å². The lowest BCUT2D eigenvalue weighted by Gasteiger charge is -2.15. The van der Waals surface area contributed by atoms with E-state index >= 15 is 0 Å². The molecule has 1 N–H and O–H groups in total. The van der Waals surface area contributed by atoms with Gasteiger partial charge in [0.25, 0.3) is 0 Å². The van der Waals surface area contributed by atoms with Crippen molar-refractivity contribution in [2.45, 2.75) is 33.1 Å². The van der Waals surface area contributed by atoms with Crippen LogP contribution in [0.1, 0.15) is 32.3 Å². The summed E-state index contributed by atoms with van der Waals surface area (Å²) < 4.78 is 5.71. The van der Waals surface area contributed by atoms with Gasteiger partial charge >= 0.3 is 0 Å². The van der Waals surface area contributed by atoms with Crippen LogP contribution in [-0.4, -0.2) is 18.3 Å². The largest absolute Gasteiger partial charge is 0.493 e. The van der Waals surface area contributed by atoms with Crippen molar-refractivity contribution in [3.63, 3.8) is 0 Å². The molecule has 0 aliphatic heterocycles. The summed E-state index contributed by atoms with van der Waals surface area (Å²) in [6.45, 7) is 4.61. The predicted molar refractivity (Wildman–Crippen MR) is 71.4 cm³/mol. The van der Waals surface area contributed by atoms with Gasteiger partial charge in [-0.25, -0.2) is 0 Å². The Kier molecular flexibility index (Phi) is 5.67. The summed E-state index contributed by atoms with van der Waals surface area (Å²) in [5.74, 6) is 0.835.